The lowest BCUT2D eigenvalue weighted by atomic mass is 10.1. The van der Waals surface area contributed by atoms with E-state index in [4.69, 9.17) is 9.47 Å². The highest BCUT2D eigenvalue weighted by Gasteiger charge is 2.07. The molecule has 108 valence electrons. The summed E-state index contributed by atoms with van der Waals surface area (Å²) in [6.07, 6.45) is 1.86. The minimum Gasteiger partial charge on any atom is -0.491 e. The van der Waals surface area contributed by atoms with Crippen LogP contribution in [0.25, 0.3) is 11.3 Å². The van der Waals surface area contributed by atoms with Gasteiger partial charge in [-0.15, -0.1) is 0 Å². The summed E-state index contributed by atoms with van der Waals surface area (Å²) in [5.41, 5.74) is 3.32. The van der Waals surface area contributed by atoms with Crippen molar-refractivity contribution in [2.45, 2.75) is 13.5 Å². The summed E-state index contributed by atoms with van der Waals surface area (Å²) < 4.78 is 10.5. The van der Waals surface area contributed by atoms with E-state index in [2.05, 4.69) is 22.4 Å². The van der Waals surface area contributed by atoms with Gasteiger partial charge < -0.3 is 14.8 Å². The number of ether oxygens (including phenoxy) is 2. The van der Waals surface area contributed by atoms with Crippen molar-refractivity contribution in [1.29, 1.82) is 0 Å². The summed E-state index contributed by atoms with van der Waals surface area (Å²) in [6.45, 7) is 5.00. The molecule has 0 spiro atoms. The smallest absolute Gasteiger partial charge is 0.119 e. The molecule has 0 aliphatic carbocycles. The molecule has 2 rings (SSSR count). The number of H-pyrrole nitrogens is 1. The zero-order chi connectivity index (χ0) is 14.2. The van der Waals surface area contributed by atoms with Gasteiger partial charge in [-0.1, -0.05) is 6.92 Å². The number of nitrogens with zero attached hydrogens (tertiary/aromatic N) is 1. The van der Waals surface area contributed by atoms with Crippen LogP contribution in [0.15, 0.2) is 30.5 Å². The molecule has 0 amide bonds. The van der Waals surface area contributed by atoms with Gasteiger partial charge in [0.05, 0.1) is 18.5 Å². The fourth-order valence-corrected chi connectivity index (χ4v) is 1.92. The van der Waals surface area contributed by atoms with Gasteiger partial charge in [-0.05, 0) is 30.8 Å². The van der Waals surface area contributed by atoms with E-state index < -0.39 is 0 Å². The predicted molar refractivity (Wildman–Crippen MR) is 78.8 cm³/mol. The van der Waals surface area contributed by atoms with E-state index in [9.17, 15) is 0 Å². The number of aromatic amines is 1. The lowest BCUT2D eigenvalue weighted by molar-refractivity contribution is 0.146. The number of hydrogen-bond acceptors (Lipinski definition) is 4. The topological polar surface area (TPSA) is 59.2 Å². The summed E-state index contributed by atoms with van der Waals surface area (Å²) in [7, 11) is 1.66. The third-order valence-corrected chi connectivity index (χ3v) is 2.98. The van der Waals surface area contributed by atoms with E-state index in [1.54, 1.807) is 7.11 Å². The summed E-state index contributed by atoms with van der Waals surface area (Å²) >= 11 is 0. The Balaban J connectivity index is 2.04. The molecule has 0 radical (unpaired) electrons. The highest BCUT2D eigenvalue weighted by Crippen LogP contribution is 2.23. The molecule has 0 fully saturated rings. The molecule has 0 saturated heterocycles. The first-order valence-corrected chi connectivity index (χ1v) is 6.80. The average molecular weight is 275 g/mol. The number of benzene rings is 1. The fourth-order valence-electron chi connectivity index (χ4n) is 1.92. The van der Waals surface area contributed by atoms with Gasteiger partial charge >= 0.3 is 0 Å². The molecule has 5 nitrogen and oxygen atoms in total. The molecule has 0 saturated carbocycles. The predicted octanol–water partition coefficient (Wildman–Crippen LogP) is 2.21. The van der Waals surface area contributed by atoms with Crippen molar-refractivity contribution in [3.8, 4) is 17.0 Å². The zero-order valence-corrected chi connectivity index (χ0v) is 12.0. The van der Waals surface area contributed by atoms with Crippen molar-refractivity contribution in [2.24, 2.45) is 0 Å². The van der Waals surface area contributed by atoms with E-state index >= 15 is 0 Å². The molecule has 0 bridgehead atoms. The Kier molecular flexibility index (Phi) is 5.58. The lowest BCUT2D eigenvalue weighted by Gasteiger charge is -2.07. The molecular weight excluding hydrogens is 254 g/mol. The number of nitrogens with one attached hydrogen (secondary N) is 2. The van der Waals surface area contributed by atoms with Crippen molar-refractivity contribution in [1.82, 2.24) is 15.5 Å². The van der Waals surface area contributed by atoms with Crippen LogP contribution < -0.4 is 10.1 Å². The van der Waals surface area contributed by atoms with Gasteiger partial charge in [0.25, 0.3) is 0 Å². The Morgan fingerprint density at radius 2 is 2.00 bits per heavy atom. The molecular formula is C15H21N3O2. The maximum absolute atomic E-state index is 5.55. The van der Waals surface area contributed by atoms with Gasteiger partial charge in [0.15, 0.2) is 0 Å². The van der Waals surface area contributed by atoms with Crippen LogP contribution in [0, 0.1) is 0 Å². The fraction of sp³-hybridized carbons (Fsp3) is 0.400. The third-order valence-electron chi connectivity index (χ3n) is 2.98. The summed E-state index contributed by atoms with van der Waals surface area (Å²) in [4.78, 5) is 0. The van der Waals surface area contributed by atoms with Crippen LogP contribution in [0.4, 0.5) is 0 Å². The van der Waals surface area contributed by atoms with E-state index in [-0.39, 0.29) is 0 Å². The Labute approximate surface area is 119 Å². The Morgan fingerprint density at radius 3 is 2.70 bits per heavy atom. The molecule has 1 heterocycles. The van der Waals surface area contributed by atoms with Crippen molar-refractivity contribution in [3.63, 3.8) is 0 Å². The highest BCUT2D eigenvalue weighted by atomic mass is 16.5. The number of methoxy groups -OCH3 is 1. The van der Waals surface area contributed by atoms with E-state index in [0.29, 0.717) is 13.2 Å². The molecule has 0 unspecified atom stereocenters. The minimum atomic E-state index is 0.561. The Hall–Kier alpha value is -1.85. The first-order valence-electron chi connectivity index (χ1n) is 6.80. The van der Waals surface area contributed by atoms with Gasteiger partial charge in [0.2, 0.25) is 0 Å². The molecule has 20 heavy (non-hydrogen) atoms. The van der Waals surface area contributed by atoms with Crippen LogP contribution >= 0.6 is 0 Å². The second-order valence-electron chi connectivity index (χ2n) is 4.42. The Bertz CT molecular complexity index is 508. The summed E-state index contributed by atoms with van der Waals surface area (Å²) in [5.74, 6) is 0.846. The van der Waals surface area contributed by atoms with Crippen LogP contribution in [0.3, 0.4) is 0 Å². The van der Waals surface area contributed by atoms with Crippen molar-refractivity contribution in [2.75, 3.05) is 26.9 Å². The van der Waals surface area contributed by atoms with Crippen LogP contribution in [-0.4, -0.2) is 37.1 Å². The van der Waals surface area contributed by atoms with Crippen molar-refractivity contribution in [3.05, 3.63) is 36.0 Å². The molecule has 0 aliphatic rings. The first kappa shape index (κ1) is 14.6. The average Bonchev–Trinajstić information content (AvgIpc) is 2.94. The Morgan fingerprint density at radius 1 is 1.20 bits per heavy atom. The third kappa shape index (κ3) is 3.82. The maximum atomic E-state index is 5.55. The highest BCUT2D eigenvalue weighted by molar-refractivity contribution is 5.63. The van der Waals surface area contributed by atoms with Crippen LogP contribution in [0.2, 0.25) is 0 Å². The molecule has 2 aromatic rings. The normalized spacial score (nSPS) is 10.7. The van der Waals surface area contributed by atoms with Gasteiger partial charge in [-0.25, -0.2) is 0 Å². The molecule has 0 aliphatic heterocycles. The molecule has 1 aromatic heterocycles. The van der Waals surface area contributed by atoms with E-state index in [0.717, 1.165) is 30.1 Å². The number of hydrogen-bond donors (Lipinski definition) is 2. The molecule has 5 heteroatoms. The van der Waals surface area contributed by atoms with Gasteiger partial charge in [0, 0.05) is 24.8 Å². The molecule has 0 atom stereocenters. The van der Waals surface area contributed by atoms with Crippen molar-refractivity contribution >= 4 is 0 Å². The molecule has 1 aromatic carbocycles. The van der Waals surface area contributed by atoms with Gasteiger partial charge in [-0.2, -0.15) is 5.10 Å². The van der Waals surface area contributed by atoms with Crippen LogP contribution in [0.1, 0.15) is 12.5 Å². The molecule has 2 N–H and O–H groups in total. The number of rotatable bonds is 8. The lowest BCUT2D eigenvalue weighted by Crippen LogP contribution is -2.11. The largest absolute Gasteiger partial charge is 0.491 e. The summed E-state index contributed by atoms with van der Waals surface area (Å²) in [6, 6.07) is 7.99. The number of aromatic nitrogens is 2. The zero-order valence-electron chi connectivity index (χ0n) is 12.0. The SMILES string of the molecule is CCNCc1cn[nH]c1-c1ccc(OCCOC)cc1. The first-order chi connectivity index (χ1) is 9.85. The standard InChI is InChI=1S/C15H21N3O2/c1-3-16-10-13-11-17-18-15(13)12-4-6-14(7-5-12)20-9-8-19-2/h4-7,11,16H,3,8-10H2,1-2H3,(H,17,18). The van der Waals surface area contributed by atoms with Gasteiger partial charge in [0.1, 0.15) is 12.4 Å². The second kappa shape index (κ2) is 7.67. The van der Waals surface area contributed by atoms with Crippen molar-refractivity contribution < 1.29 is 9.47 Å². The van der Waals surface area contributed by atoms with E-state index in [1.165, 1.54) is 5.56 Å². The van der Waals surface area contributed by atoms with Crippen LogP contribution in [-0.2, 0) is 11.3 Å². The second-order valence-corrected chi connectivity index (χ2v) is 4.42. The minimum absolute atomic E-state index is 0.561. The maximum Gasteiger partial charge on any atom is 0.119 e. The van der Waals surface area contributed by atoms with Gasteiger partial charge in [-0.3, -0.25) is 5.10 Å². The summed E-state index contributed by atoms with van der Waals surface area (Å²) in [5, 5.41) is 10.5. The monoisotopic (exact) mass is 275 g/mol. The van der Waals surface area contributed by atoms with E-state index in [1.807, 2.05) is 30.5 Å². The quantitative estimate of drug-likeness (QED) is 0.725. The van der Waals surface area contributed by atoms with Crippen LogP contribution in [0.5, 0.6) is 5.75 Å².